The largest absolute Gasteiger partial charge is 0.393 e. The van der Waals surface area contributed by atoms with Crippen molar-refractivity contribution < 1.29 is 5.11 Å². The Morgan fingerprint density at radius 3 is 2.67 bits per heavy atom. The summed E-state index contributed by atoms with van der Waals surface area (Å²) in [5.41, 5.74) is 0. The molecule has 12 heavy (non-hydrogen) atoms. The molecule has 0 radical (unpaired) electrons. The maximum absolute atomic E-state index is 9.81. The third-order valence-corrected chi connectivity index (χ3v) is 4.11. The molecule has 0 aliphatic heterocycles. The van der Waals surface area contributed by atoms with Crippen molar-refractivity contribution in [1.29, 1.82) is 0 Å². The molecule has 1 nitrogen and oxygen atoms in total. The van der Waals surface area contributed by atoms with Crippen LogP contribution in [-0.2, 0) is 0 Å². The van der Waals surface area contributed by atoms with Crippen LogP contribution in [0.1, 0.15) is 25.7 Å². The van der Waals surface area contributed by atoms with Crippen LogP contribution in [0.15, 0.2) is 12.2 Å². The van der Waals surface area contributed by atoms with Crippen molar-refractivity contribution in [3.8, 4) is 0 Å². The van der Waals surface area contributed by atoms with E-state index >= 15 is 0 Å². The fourth-order valence-electron chi connectivity index (χ4n) is 3.48. The van der Waals surface area contributed by atoms with E-state index in [2.05, 4.69) is 12.2 Å². The van der Waals surface area contributed by atoms with Crippen LogP contribution in [0, 0.1) is 23.7 Å². The fraction of sp³-hybridized carbons (Fsp3) is 0.818. The van der Waals surface area contributed by atoms with Gasteiger partial charge in [-0.3, -0.25) is 0 Å². The molecular weight excluding hydrogens is 148 g/mol. The van der Waals surface area contributed by atoms with Gasteiger partial charge in [0.05, 0.1) is 6.10 Å². The maximum atomic E-state index is 9.81. The molecule has 0 aromatic heterocycles. The Kier molecular flexibility index (Phi) is 1.40. The van der Waals surface area contributed by atoms with Crippen molar-refractivity contribution in [3.63, 3.8) is 0 Å². The first-order chi connectivity index (χ1) is 5.83. The molecule has 3 aliphatic carbocycles. The van der Waals surface area contributed by atoms with E-state index in [1.807, 2.05) is 0 Å². The van der Waals surface area contributed by atoms with Crippen LogP contribution in [0.3, 0.4) is 0 Å². The Morgan fingerprint density at radius 2 is 1.75 bits per heavy atom. The number of aliphatic hydroxyl groups excluding tert-OH is 1. The third-order valence-electron chi connectivity index (χ3n) is 4.11. The molecule has 3 rings (SSSR count). The van der Waals surface area contributed by atoms with E-state index in [-0.39, 0.29) is 6.10 Å². The monoisotopic (exact) mass is 164 g/mol. The molecule has 0 heterocycles. The van der Waals surface area contributed by atoms with E-state index < -0.39 is 0 Å². The van der Waals surface area contributed by atoms with Gasteiger partial charge >= 0.3 is 0 Å². The molecule has 0 unspecified atom stereocenters. The molecule has 1 N–H and O–H groups in total. The topological polar surface area (TPSA) is 20.2 Å². The minimum atomic E-state index is 0.0130. The average Bonchev–Trinajstić information content (AvgIpc) is 2.07. The van der Waals surface area contributed by atoms with Gasteiger partial charge in [0.1, 0.15) is 0 Å². The normalized spacial score (nSPS) is 55.9. The molecule has 66 valence electrons. The summed E-state index contributed by atoms with van der Waals surface area (Å²) in [6, 6.07) is 0. The van der Waals surface area contributed by atoms with Crippen molar-refractivity contribution >= 4 is 0 Å². The van der Waals surface area contributed by atoms with Gasteiger partial charge < -0.3 is 5.11 Å². The molecule has 0 spiro atoms. The number of rotatable bonds is 0. The highest BCUT2D eigenvalue weighted by molar-refractivity contribution is 5.09. The molecule has 3 bridgehead atoms. The zero-order valence-electron chi connectivity index (χ0n) is 7.32. The Bertz CT molecular complexity index is 221. The van der Waals surface area contributed by atoms with Crippen LogP contribution in [0.5, 0.6) is 0 Å². The SMILES string of the molecule is O[C@@H]1C[C@@H]2C=C[C@H]3C[C@H]1C[C@H]2C3. The molecule has 0 amide bonds. The van der Waals surface area contributed by atoms with E-state index in [9.17, 15) is 5.11 Å². The Labute approximate surface area is 73.5 Å². The molecule has 5 atom stereocenters. The van der Waals surface area contributed by atoms with Gasteiger partial charge in [0.2, 0.25) is 0 Å². The number of fused-ring (bicyclic) bond motifs is 2. The number of hydrogen-bond donors (Lipinski definition) is 1. The van der Waals surface area contributed by atoms with E-state index in [0.29, 0.717) is 11.8 Å². The second-order valence-corrected chi connectivity index (χ2v) is 4.84. The van der Waals surface area contributed by atoms with Gasteiger partial charge in [-0.25, -0.2) is 0 Å². The second kappa shape index (κ2) is 2.35. The van der Waals surface area contributed by atoms with Gasteiger partial charge in [0, 0.05) is 0 Å². The van der Waals surface area contributed by atoms with Crippen LogP contribution < -0.4 is 0 Å². The van der Waals surface area contributed by atoms with Gasteiger partial charge in [0.25, 0.3) is 0 Å². The van der Waals surface area contributed by atoms with E-state index in [4.69, 9.17) is 0 Å². The van der Waals surface area contributed by atoms with Crippen molar-refractivity contribution in [2.24, 2.45) is 23.7 Å². The summed E-state index contributed by atoms with van der Waals surface area (Å²) in [5, 5.41) is 9.81. The van der Waals surface area contributed by atoms with Crippen LogP contribution in [0.25, 0.3) is 0 Å². The molecule has 0 aromatic rings. The fourth-order valence-corrected chi connectivity index (χ4v) is 3.48. The average molecular weight is 164 g/mol. The van der Waals surface area contributed by atoms with Gasteiger partial charge in [-0.05, 0) is 49.4 Å². The van der Waals surface area contributed by atoms with Crippen LogP contribution in [0.4, 0.5) is 0 Å². The van der Waals surface area contributed by atoms with Crippen molar-refractivity contribution in [1.82, 2.24) is 0 Å². The van der Waals surface area contributed by atoms with Crippen molar-refractivity contribution in [3.05, 3.63) is 12.2 Å². The lowest BCUT2D eigenvalue weighted by Crippen LogP contribution is -2.42. The summed E-state index contributed by atoms with van der Waals surface area (Å²) < 4.78 is 0. The maximum Gasteiger partial charge on any atom is 0.0574 e. The highest BCUT2D eigenvalue weighted by Gasteiger charge is 2.42. The lowest BCUT2D eigenvalue weighted by Gasteiger charge is -2.47. The Hall–Kier alpha value is -0.300. The standard InChI is InChI=1S/C11H16O/c12-11-6-8-2-1-7-3-9(8)5-10(11)4-7/h1-2,7-12H,3-6H2/t7-,8+,9-,10+,11-/m1/s1. The predicted molar refractivity (Wildman–Crippen MR) is 47.6 cm³/mol. The second-order valence-electron chi connectivity index (χ2n) is 4.84. The highest BCUT2D eigenvalue weighted by Crippen LogP contribution is 2.49. The Balaban J connectivity index is 1.96. The van der Waals surface area contributed by atoms with E-state index in [1.54, 1.807) is 0 Å². The predicted octanol–water partition coefficient (Wildman–Crippen LogP) is 1.97. The number of aliphatic hydroxyl groups is 1. The first-order valence-electron chi connectivity index (χ1n) is 5.19. The zero-order chi connectivity index (χ0) is 8.13. The zero-order valence-corrected chi connectivity index (χ0v) is 7.32. The molecule has 3 aliphatic rings. The molecule has 2 saturated carbocycles. The summed E-state index contributed by atoms with van der Waals surface area (Å²) in [5.74, 6) is 3.07. The summed E-state index contributed by atoms with van der Waals surface area (Å²) >= 11 is 0. The van der Waals surface area contributed by atoms with E-state index in [0.717, 1.165) is 18.3 Å². The quantitative estimate of drug-likeness (QED) is 0.543. The molecule has 0 saturated heterocycles. The van der Waals surface area contributed by atoms with Crippen LogP contribution in [0.2, 0.25) is 0 Å². The first-order valence-corrected chi connectivity index (χ1v) is 5.19. The van der Waals surface area contributed by atoms with Crippen LogP contribution in [-0.4, -0.2) is 11.2 Å². The molecular formula is C11H16O. The highest BCUT2D eigenvalue weighted by atomic mass is 16.3. The Morgan fingerprint density at radius 1 is 0.917 bits per heavy atom. The lowest BCUT2D eigenvalue weighted by molar-refractivity contribution is -0.0162. The van der Waals surface area contributed by atoms with Gasteiger partial charge in [-0.15, -0.1) is 0 Å². The first kappa shape index (κ1) is 7.14. The summed E-state index contributed by atoms with van der Waals surface area (Å²) in [4.78, 5) is 0. The van der Waals surface area contributed by atoms with Crippen molar-refractivity contribution in [2.75, 3.05) is 0 Å². The minimum absolute atomic E-state index is 0.0130. The van der Waals surface area contributed by atoms with Gasteiger partial charge in [-0.2, -0.15) is 0 Å². The van der Waals surface area contributed by atoms with Gasteiger partial charge in [-0.1, -0.05) is 12.2 Å². The smallest absolute Gasteiger partial charge is 0.0574 e. The lowest BCUT2D eigenvalue weighted by atomic mass is 9.59. The van der Waals surface area contributed by atoms with Crippen LogP contribution >= 0.6 is 0 Å². The van der Waals surface area contributed by atoms with Crippen molar-refractivity contribution in [2.45, 2.75) is 31.8 Å². The third kappa shape index (κ3) is 0.891. The molecule has 0 aromatic carbocycles. The number of allylic oxidation sites excluding steroid dienone is 2. The molecule has 1 heteroatoms. The summed E-state index contributed by atoms with van der Waals surface area (Å²) in [6.07, 6.45) is 9.78. The minimum Gasteiger partial charge on any atom is -0.393 e. The van der Waals surface area contributed by atoms with Gasteiger partial charge in [0.15, 0.2) is 0 Å². The van der Waals surface area contributed by atoms with E-state index in [1.165, 1.54) is 19.3 Å². The summed E-state index contributed by atoms with van der Waals surface area (Å²) in [7, 11) is 0. The molecule has 2 fully saturated rings. The summed E-state index contributed by atoms with van der Waals surface area (Å²) in [6.45, 7) is 0. The number of hydrogen-bond acceptors (Lipinski definition) is 1.